The van der Waals surface area contributed by atoms with Crippen molar-refractivity contribution in [1.82, 2.24) is 58.5 Å². The third-order valence-corrected chi connectivity index (χ3v) is 19.5. The topological polar surface area (TPSA) is 569 Å². The van der Waals surface area contributed by atoms with E-state index in [0.29, 0.717) is 17.2 Å². The number of amides is 12. The van der Waals surface area contributed by atoms with Gasteiger partial charge in [-0.2, -0.15) is 0 Å². The number of aliphatic imine (C=N–C) groups is 1. The Bertz CT molecular complexity index is 3670. The molecule has 0 fully saturated rings. The smallest absolute Gasteiger partial charge is 0.408 e. The second kappa shape index (κ2) is 50.0. The Kier molecular flexibility index (Phi) is 44.1. The summed E-state index contributed by atoms with van der Waals surface area (Å²) >= 11 is 0. The molecular formula is C80H133N15O22Si. The first-order valence-electron chi connectivity index (χ1n) is 39.9. The number of nitrogens with two attached hydrogens (primary N) is 3. The predicted molar refractivity (Wildman–Crippen MR) is 441 cm³/mol. The number of benzene rings is 2. The predicted octanol–water partition coefficient (Wildman–Crippen LogP) is 1.50. The number of nitrogens with zero attached hydrogens (tertiary/aromatic N) is 1. The number of aliphatic hydroxyl groups excluding tert-OH is 3. The molecule has 38 heteroatoms. The minimum Gasteiger partial charge on any atom is -0.464 e. The van der Waals surface area contributed by atoms with Gasteiger partial charge in [-0.3, -0.25) is 52.9 Å². The lowest BCUT2D eigenvalue weighted by atomic mass is 9.96. The molecule has 12 amide bonds. The number of carbonyl (C=O) groups is 14. The first kappa shape index (κ1) is 104. The van der Waals surface area contributed by atoms with E-state index in [1.54, 1.807) is 113 Å². The highest BCUT2D eigenvalue weighted by molar-refractivity contribution is 6.76. The average molecular weight is 1690 g/mol. The zero-order chi connectivity index (χ0) is 89.9. The van der Waals surface area contributed by atoms with E-state index in [-0.39, 0.29) is 94.2 Å². The van der Waals surface area contributed by atoms with Crippen molar-refractivity contribution in [2.45, 2.75) is 285 Å². The van der Waals surface area contributed by atoms with Crippen molar-refractivity contribution in [3.8, 4) is 5.75 Å². The second-order valence-corrected chi connectivity index (χ2v) is 39.8. The normalized spacial score (nSPS) is 15.3. The van der Waals surface area contributed by atoms with Gasteiger partial charge in [-0.05, 0) is 139 Å². The Balaban J connectivity index is 2.48. The molecule has 118 heavy (non-hydrogen) atoms. The van der Waals surface area contributed by atoms with Gasteiger partial charge in [0.25, 0.3) is 0 Å². The van der Waals surface area contributed by atoms with Crippen LogP contribution in [-0.2, 0) is 89.5 Å². The second-order valence-electron chi connectivity index (χ2n) is 34.1. The van der Waals surface area contributed by atoms with E-state index in [1.807, 2.05) is 33.8 Å². The molecule has 14 atom stereocenters. The highest BCUT2D eigenvalue weighted by atomic mass is 28.3. The number of hydrogen-bond acceptors (Lipinski definition) is 23. The summed E-state index contributed by atoms with van der Waals surface area (Å²) in [6.07, 6.45) is -7.43. The molecule has 0 radical (unpaired) electrons. The third kappa shape index (κ3) is 40.9. The molecule has 0 aliphatic carbocycles. The molecule has 37 nitrogen and oxygen atoms in total. The first-order chi connectivity index (χ1) is 54.7. The van der Waals surface area contributed by atoms with Crippen molar-refractivity contribution in [3.05, 3.63) is 65.7 Å². The van der Waals surface area contributed by atoms with E-state index in [9.17, 15) is 82.4 Å². The number of guanidine groups is 1. The van der Waals surface area contributed by atoms with Gasteiger partial charge in [0, 0.05) is 21.0 Å². The van der Waals surface area contributed by atoms with Crippen LogP contribution >= 0.6 is 0 Å². The van der Waals surface area contributed by atoms with Gasteiger partial charge >= 0.3 is 24.1 Å². The van der Waals surface area contributed by atoms with Gasteiger partial charge in [-0.25, -0.2) is 19.2 Å². The molecule has 0 saturated heterocycles. The number of primary amides is 1. The fourth-order valence-corrected chi connectivity index (χ4v) is 11.9. The maximum Gasteiger partial charge on any atom is 0.408 e. The summed E-state index contributed by atoms with van der Waals surface area (Å²) in [7, 11) is -1.77. The van der Waals surface area contributed by atoms with Crippen LogP contribution in [0.25, 0.3) is 0 Å². The minimum absolute atomic E-state index is 0.0124. The Morgan fingerprint density at radius 3 is 1.52 bits per heavy atom. The van der Waals surface area contributed by atoms with Crippen LogP contribution in [0.5, 0.6) is 5.75 Å². The lowest BCUT2D eigenvalue weighted by Crippen LogP contribution is -2.62. The lowest BCUT2D eigenvalue weighted by Gasteiger charge is -2.31. The maximum atomic E-state index is 14.5. The molecule has 0 bridgehead atoms. The number of ether oxygens (including phenoxy) is 5. The third-order valence-electron chi connectivity index (χ3n) is 17.8. The van der Waals surface area contributed by atoms with Crippen molar-refractivity contribution in [2.75, 3.05) is 26.3 Å². The van der Waals surface area contributed by atoms with E-state index in [0.717, 1.165) is 6.92 Å². The number of esters is 2. The molecular weight excluding hydrogens is 1550 g/mol. The van der Waals surface area contributed by atoms with E-state index in [4.69, 9.17) is 40.9 Å². The van der Waals surface area contributed by atoms with Crippen molar-refractivity contribution < 1.29 is 106 Å². The molecule has 0 heterocycles. The molecule has 0 saturated carbocycles. The van der Waals surface area contributed by atoms with Gasteiger partial charge in [0.05, 0.1) is 37.6 Å². The molecule has 0 spiro atoms. The van der Waals surface area contributed by atoms with Crippen LogP contribution in [0.3, 0.4) is 0 Å². The zero-order valence-electron chi connectivity index (χ0n) is 72.1. The monoisotopic (exact) mass is 1680 g/mol. The highest BCUT2D eigenvalue weighted by Crippen LogP contribution is 2.21. The zero-order valence-corrected chi connectivity index (χ0v) is 73.1. The van der Waals surface area contributed by atoms with E-state index < -0.39 is 206 Å². The molecule has 2 rings (SSSR count). The summed E-state index contributed by atoms with van der Waals surface area (Å²) in [5, 5.41) is 60.5. The van der Waals surface area contributed by atoms with Gasteiger partial charge in [0.2, 0.25) is 59.1 Å². The van der Waals surface area contributed by atoms with Gasteiger partial charge in [-0.1, -0.05) is 138 Å². The largest absolute Gasteiger partial charge is 0.464 e. The molecule has 20 N–H and O–H groups in total. The van der Waals surface area contributed by atoms with Gasteiger partial charge in [-0.15, -0.1) is 0 Å². The molecule has 2 aromatic rings. The Morgan fingerprint density at radius 1 is 0.508 bits per heavy atom. The van der Waals surface area contributed by atoms with Crippen molar-refractivity contribution in [3.63, 3.8) is 0 Å². The molecule has 0 aromatic heterocycles. The Hall–Kier alpha value is -10.1. The van der Waals surface area contributed by atoms with Crippen LogP contribution in [-0.4, -0.2) is 229 Å². The van der Waals surface area contributed by atoms with Crippen LogP contribution in [0.4, 0.5) is 9.59 Å². The summed E-state index contributed by atoms with van der Waals surface area (Å²) < 4.78 is 28.1. The van der Waals surface area contributed by atoms with E-state index in [1.165, 1.54) is 18.2 Å². The van der Waals surface area contributed by atoms with Crippen molar-refractivity contribution in [1.29, 1.82) is 0 Å². The van der Waals surface area contributed by atoms with Crippen LogP contribution in [0.1, 0.15) is 167 Å². The number of alkyl carbamates (subject to hydrolysis) is 2. The van der Waals surface area contributed by atoms with Crippen LogP contribution in [0.15, 0.2) is 59.6 Å². The number of carbonyl (C=O) groups excluding carboxylic acids is 14. The van der Waals surface area contributed by atoms with E-state index >= 15 is 0 Å². The van der Waals surface area contributed by atoms with Crippen molar-refractivity contribution >= 4 is 97.2 Å². The summed E-state index contributed by atoms with van der Waals surface area (Å²) in [6, 6.07) is -0.462. The number of rotatable bonds is 49. The summed E-state index contributed by atoms with van der Waals surface area (Å²) in [5.74, 6) is -15.0. The highest BCUT2D eigenvalue weighted by Gasteiger charge is 2.41. The quantitative estimate of drug-likeness (QED) is 0.00849. The van der Waals surface area contributed by atoms with Gasteiger partial charge in [0.15, 0.2) is 18.1 Å². The molecule has 2 aromatic carbocycles. The average Bonchev–Trinajstić information content (AvgIpc) is 0.853. The SMILES string of the molecule is CC[C@H](C)[C@H](NC(=O)[C@@H](CCCN=C(N)N)NC(=O)[C@H](CC(C)C)NC(=O)[C@@H](NC(=O)OC(C)(C)C)[C@H](O)C(C)C)C(=O)N[C@H](C(=O)NCC(=O)N[C@H](C(=O)N[C@@H](COC(C)(C)C)C(=O)Oc1cccc(C[C@H](NC(=O)[C@H](CC(C)C)NC(=O)[C@@H](CC(C)C)NC(=O)OCc2ccccc2)C(=O)OCC[Si](C)(C)C)c1)[C@H](O)C(N)=O)[C@@H](C)O. The fraction of sp³-hybridized carbons (Fsp3) is 0.662. The van der Waals surface area contributed by atoms with Crippen LogP contribution in [0, 0.1) is 29.6 Å². The molecule has 664 valence electrons. The molecule has 0 aliphatic heterocycles. The maximum absolute atomic E-state index is 14.5. The van der Waals surface area contributed by atoms with Gasteiger partial charge < -0.3 is 115 Å². The standard InChI is InChI=1S/C80H133N15O22Si/c1-21-47(10)59(93-66(101)52(31-26-32-84-76(82)83)86-67(102)54(36-44(4)5)88-72(107)61(63(98)46(8)9)95-78(112)117-80(15,16)17)71(106)94-60(48(11)96)70(105)85-40-58(97)92-62(64(99)65(81)100)73(108)90-57(42-115-79(12,13)14)75(110)116-51-30-25-29-50(38-51)39-56(74(109)113-33-34-118(18,19)20)89-68(103)53(35-43(2)3)87-69(104)55(37-45(6)7)91-77(111)114-41-49-27-23-22-24-28-49/h22-25,27-30,38,43-48,52-57,59-64,96,98-99H,21,26,31-37,39-42H2,1-20H3,(H2,81,100)(H,85,105)(H,86,102)(H,87,104)(H,88,107)(H,89,103)(H,90,108)(H,91,111)(H,92,97)(H,93,101)(H,94,106)(H,95,112)(H4,82,83,84)/t47-,48+,52+,53-,54-,55+,56-,57-,59-,60-,61-,62-,63+,64-/m0/s1. The first-order valence-corrected chi connectivity index (χ1v) is 43.6. The lowest BCUT2D eigenvalue weighted by molar-refractivity contribution is -0.147. The van der Waals surface area contributed by atoms with Crippen LogP contribution < -0.4 is 80.4 Å². The molecule has 0 aliphatic rings. The fourth-order valence-electron chi connectivity index (χ4n) is 11.2. The van der Waals surface area contributed by atoms with Gasteiger partial charge in [0.1, 0.15) is 72.3 Å². The summed E-state index contributed by atoms with van der Waals surface area (Å²) in [5.41, 5.74) is 15.6. The Morgan fingerprint density at radius 2 is 1.01 bits per heavy atom. The number of nitrogens with one attached hydrogen (secondary N) is 11. The van der Waals surface area contributed by atoms with Crippen molar-refractivity contribution in [2.24, 2.45) is 51.8 Å². The van der Waals surface area contributed by atoms with E-state index in [2.05, 4.69) is 83.1 Å². The number of aliphatic hydroxyl groups is 3. The number of hydrogen-bond donors (Lipinski definition) is 17. The Labute approximate surface area is 693 Å². The van der Waals surface area contributed by atoms with Crippen LogP contribution in [0.2, 0.25) is 25.7 Å². The summed E-state index contributed by atoms with van der Waals surface area (Å²) in [4.78, 5) is 199. The molecule has 0 unspecified atom stereocenters. The summed E-state index contributed by atoms with van der Waals surface area (Å²) in [6.45, 7) is 32.5. The minimum atomic E-state index is -2.51.